The van der Waals surface area contributed by atoms with Crippen LogP contribution in [0.3, 0.4) is 0 Å². The van der Waals surface area contributed by atoms with Gasteiger partial charge >= 0.3 is 5.97 Å². The number of hydrogen-bond acceptors (Lipinski definition) is 3. The Morgan fingerprint density at radius 1 is 1.24 bits per heavy atom. The number of carboxylic acid groups (broad SMARTS) is 1. The van der Waals surface area contributed by atoms with Crippen molar-refractivity contribution in [3.8, 4) is 11.4 Å². The maximum Gasteiger partial charge on any atom is 0.338 e. The van der Waals surface area contributed by atoms with E-state index in [2.05, 4.69) is 23.1 Å². The number of rotatable bonds is 2. The summed E-state index contributed by atoms with van der Waals surface area (Å²) in [6.45, 7) is 7.41. The van der Waals surface area contributed by atoms with Gasteiger partial charge in [-0.25, -0.2) is 4.79 Å². The summed E-state index contributed by atoms with van der Waals surface area (Å²) in [5.74, 6) is -1.08. The number of aromatic nitrogens is 2. The fourth-order valence-corrected chi connectivity index (χ4v) is 1.52. The zero-order valence-electron chi connectivity index (χ0n) is 9.05. The number of pyridine rings is 2. The van der Waals surface area contributed by atoms with E-state index in [0.29, 0.717) is 21.8 Å². The summed E-state index contributed by atoms with van der Waals surface area (Å²) in [6, 6.07) is 5.23. The van der Waals surface area contributed by atoms with Crippen molar-refractivity contribution < 1.29 is 9.90 Å². The van der Waals surface area contributed by atoms with Crippen molar-refractivity contribution in [1.29, 1.82) is 0 Å². The van der Waals surface area contributed by atoms with E-state index in [-0.39, 0.29) is 5.56 Å². The van der Waals surface area contributed by atoms with E-state index in [9.17, 15) is 9.90 Å². The molecule has 2 rings (SSSR count). The van der Waals surface area contributed by atoms with Crippen LogP contribution >= 0.6 is 0 Å². The topological polar surface area (TPSA) is 63.1 Å². The lowest BCUT2D eigenvalue weighted by atomic mass is 10.1. The molecule has 4 nitrogen and oxygen atoms in total. The summed E-state index contributed by atoms with van der Waals surface area (Å²) in [7, 11) is 0. The first-order valence-corrected chi connectivity index (χ1v) is 4.93. The predicted molar refractivity (Wildman–Crippen MR) is 64.7 cm³/mol. The average molecular weight is 226 g/mol. The van der Waals surface area contributed by atoms with Gasteiger partial charge in [0.25, 0.3) is 0 Å². The quantitative estimate of drug-likeness (QED) is 0.817. The van der Waals surface area contributed by atoms with Crippen LogP contribution in [0.15, 0.2) is 30.6 Å². The Hall–Kier alpha value is -2.49. The molecule has 0 fully saturated rings. The molecule has 0 radical (unpaired) electrons. The number of carboxylic acids is 1. The molecule has 0 aliphatic rings. The van der Waals surface area contributed by atoms with Crippen molar-refractivity contribution in [3.05, 3.63) is 46.6 Å². The molecule has 0 aromatic carbocycles. The van der Waals surface area contributed by atoms with Crippen LogP contribution in [0.2, 0.25) is 0 Å². The molecule has 17 heavy (non-hydrogen) atoms. The van der Waals surface area contributed by atoms with Crippen molar-refractivity contribution in [3.63, 3.8) is 0 Å². The molecule has 0 atom stereocenters. The standard InChI is InChI=1S/C13H10N2O2/c1-8-7-15-12(10-5-3-4-6-14-10)11(9(8)2)13(16)17/h3-7H,1-2H2,(H,16,17). The largest absolute Gasteiger partial charge is 0.478 e. The fourth-order valence-electron chi connectivity index (χ4n) is 1.52. The second kappa shape index (κ2) is 4.17. The predicted octanol–water partition coefficient (Wildman–Crippen LogP) is 0.662. The molecule has 84 valence electrons. The third-order valence-electron chi connectivity index (χ3n) is 2.40. The maximum atomic E-state index is 11.2. The molecule has 4 heteroatoms. The highest BCUT2D eigenvalue weighted by atomic mass is 16.4. The summed E-state index contributed by atoms with van der Waals surface area (Å²) in [5.41, 5.74) is 0.876. The number of nitrogens with zero attached hydrogens (tertiary/aromatic N) is 2. The fraction of sp³-hybridized carbons (Fsp3) is 0. The van der Waals surface area contributed by atoms with Crippen molar-refractivity contribution in [1.82, 2.24) is 9.97 Å². The van der Waals surface area contributed by atoms with Crippen LogP contribution in [0.4, 0.5) is 0 Å². The minimum Gasteiger partial charge on any atom is -0.478 e. The van der Waals surface area contributed by atoms with Crippen LogP contribution in [0.1, 0.15) is 10.4 Å². The minimum atomic E-state index is -1.08. The minimum absolute atomic E-state index is 0.0520. The summed E-state index contributed by atoms with van der Waals surface area (Å²) >= 11 is 0. The third kappa shape index (κ3) is 1.92. The van der Waals surface area contributed by atoms with Gasteiger partial charge in [-0.15, -0.1) is 0 Å². The van der Waals surface area contributed by atoms with Gasteiger partial charge in [0.2, 0.25) is 0 Å². The molecular formula is C13H10N2O2. The van der Waals surface area contributed by atoms with E-state index < -0.39 is 5.97 Å². The smallest absolute Gasteiger partial charge is 0.338 e. The molecule has 0 spiro atoms. The normalized spacial score (nSPS) is 10.1. The molecule has 0 bridgehead atoms. The molecule has 0 aliphatic carbocycles. The van der Waals surface area contributed by atoms with Crippen LogP contribution in [0.5, 0.6) is 0 Å². The molecule has 0 amide bonds. The second-order valence-electron chi connectivity index (χ2n) is 3.51. The third-order valence-corrected chi connectivity index (χ3v) is 2.40. The molecule has 2 aromatic heterocycles. The van der Waals surface area contributed by atoms with E-state index in [4.69, 9.17) is 0 Å². The van der Waals surface area contributed by atoms with Crippen LogP contribution in [0.25, 0.3) is 24.5 Å². The Kier molecular flexibility index (Phi) is 2.70. The monoisotopic (exact) mass is 226 g/mol. The van der Waals surface area contributed by atoms with Crippen LogP contribution in [-0.2, 0) is 0 Å². The summed E-state index contributed by atoms with van der Waals surface area (Å²) in [6.07, 6.45) is 3.09. The Morgan fingerprint density at radius 3 is 2.59 bits per heavy atom. The Bertz CT molecular complexity index is 666. The molecule has 1 N–H and O–H groups in total. The van der Waals surface area contributed by atoms with Crippen LogP contribution < -0.4 is 10.4 Å². The molecule has 0 saturated heterocycles. The molecule has 2 aromatic rings. The lowest BCUT2D eigenvalue weighted by Crippen LogP contribution is -2.30. The highest BCUT2D eigenvalue weighted by Gasteiger charge is 2.15. The molecule has 2 heterocycles. The van der Waals surface area contributed by atoms with Crippen molar-refractivity contribution in [2.24, 2.45) is 0 Å². The van der Waals surface area contributed by atoms with Gasteiger partial charge in [-0.1, -0.05) is 19.2 Å². The number of aromatic carboxylic acids is 1. The van der Waals surface area contributed by atoms with Gasteiger partial charge < -0.3 is 5.11 Å². The Morgan fingerprint density at radius 2 is 2.00 bits per heavy atom. The molecule has 0 saturated carbocycles. The van der Waals surface area contributed by atoms with Gasteiger partial charge in [-0.05, 0) is 22.6 Å². The van der Waals surface area contributed by atoms with Gasteiger partial charge in [-0.2, -0.15) is 0 Å². The first kappa shape index (κ1) is 11.0. The molecular weight excluding hydrogens is 216 g/mol. The van der Waals surface area contributed by atoms with E-state index >= 15 is 0 Å². The average Bonchev–Trinajstić information content (AvgIpc) is 2.33. The number of hydrogen-bond donors (Lipinski definition) is 1. The van der Waals surface area contributed by atoms with E-state index in [1.54, 1.807) is 24.4 Å². The maximum absolute atomic E-state index is 11.2. The van der Waals surface area contributed by atoms with E-state index in [0.717, 1.165) is 0 Å². The van der Waals surface area contributed by atoms with Gasteiger partial charge in [0.05, 0.1) is 11.3 Å². The number of carbonyl (C=O) groups is 1. The highest BCUT2D eigenvalue weighted by molar-refractivity contribution is 5.94. The van der Waals surface area contributed by atoms with Gasteiger partial charge in [-0.3, -0.25) is 9.97 Å². The van der Waals surface area contributed by atoms with Gasteiger partial charge in [0.15, 0.2) is 0 Å². The van der Waals surface area contributed by atoms with Gasteiger partial charge in [0, 0.05) is 12.4 Å². The first-order valence-electron chi connectivity index (χ1n) is 4.93. The zero-order chi connectivity index (χ0) is 12.4. The lowest BCUT2D eigenvalue weighted by molar-refractivity contribution is 0.0696. The Balaban J connectivity index is 2.80. The van der Waals surface area contributed by atoms with Crippen molar-refractivity contribution >= 4 is 19.1 Å². The lowest BCUT2D eigenvalue weighted by Gasteiger charge is -2.04. The molecule has 0 aliphatic heterocycles. The van der Waals surface area contributed by atoms with E-state index in [1.165, 1.54) is 6.20 Å². The Labute approximate surface area is 97.6 Å². The summed E-state index contributed by atoms with van der Waals surface area (Å²) in [5, 5.41) is 10.1. The van der Waals surface area contributed by atoms with Crippen LogP contribution in [-0.4, -0.2) is 21.0 Å². The first-order chi connectivity index (χ1) is 8.11. The molecule has 0 unspecified atom stereocenters. The van der Waals surface area contributed by atoms with Crippen LogP contribution in [0, 0.1) is 0 Å². The van der Waals surface area contributed by atoms with E-state index in [1.807, 2.05) is 0 Å². The summed E-state index contributed by atoms with van der Waals surface area (Å²) < 4.78 is 0. The summed E-state index contributed by atoms with van der Waals surface area (Å²) in [4.78, 5) is 19.4. The SMILES string of the molecule is C=c1cnc(-c2ccccn2)c(C(=O)O)c1=C. The highest BCUT2D eigenvalue weighted by Crippen LogP contribution is 2.14. The van der Waals surface area contributed by atoms with Crippen molar-refractivity contribution in [2.75, 3.05) is 0 Å². The van der Waals surface area contributed by atoms with Crippen molar-refractivity contribution in [2.45, 2.75) is 0 Å². The second-order valence-corrected chi connectivity index (χ2v) is 3.51. The van der Waals surface area contributed by atoms with Gasteiger partial charge in [0.1, 0.15) is 5.69 Å². The zero-order valence-corrected chi connectivity index (χ0v) is 9.05.